The van der Waals surface area contributed by atoms with Crippen molar-refractivity contribution in [2.24, 2.45) is 5.92 Å². The van der Waals surface area contributed by atoms with Crippen molar-refractivity contribution in [3.63, 3.8) is 0 Å². The van der Waals surface area contributed by atoms with E-state index in [1.54, 1.807) is 0 Å². The maximum absolute atomic E-state index is 11.7. The maximum Gasteiger partial charge on any atom is 0.242 e. The molecule has 2 N–H and O–H groups in total. The Morgan fingerprint density at radius 2 is 2.31 bits per heavy atom. The monoisotopic (exact) mass is 226 g/mol. The zero-order chi connectivity index (χ0) is 12.0. The highest BCUT2D eigenvalue weighted by molar-refractivity contribution is 5.89. The molecule has 1 rings (SSSR count). The lowest BCUT2D eigenvalue weighted by molar-refractivity contribution is -0.127. The van der Waals surface area contributed by atoms with Gasteiger partial charge in [-0.25, -0.2) is 0 Å². The Labute approximate surface area is 97.2 Å². The van der Waals surface area contributed by atoms with Crippen LogP contribution in [0.2, 0.25) is 0 Å². The van der Waals surface area contributed by atoms with E-state index in [9.17, 15) is 9.59 Å². The minimum Gasteiger partial charge on any atom is -0.354 e. The first-order chi connectivity index (χ1) is 7.67. The van der Waals surface area contributed by atoms with Crippen molar-refractivity contribution >= 4 is 11.8 Å². The maximum atomic E-state index is 11.7. The zero-order valence-electron chi connectivity index (χ0n) is 10.2. The third-order valence-electron chi connectivity index (χ3n) is 3.13. The van der Waals surface area contributed by atoms with Gasteiger partial charge in [-0.1, -0.05) is 33.1 Å². The molecular formula is C12H22N2O2. The van der Waals surface area contributed by atoms with Crippen molar-refractivity contribution in [3.8, 4) is 0 Å². The number of amides is 2. The van der Waals surface area contributed by atoms with Gasteiger partial charge in [0.25, 0.3) is 0 Å². The van der Waals surface area contributed by atoms with Gasteiger partial charge in [0.05, 0.1) is 0 Å². The van der Waals surface area contributed by atoms with E-state index in [0.29, 0.717) is 18.9 Å². The fourth-order valence-corrected chi connectivity index (χ4v) is 2.11. The number of carbonyl (C=O) groups excluding carboxylic acids is 2. The van der Waals surface area contributed by atoms with E-state index in [4.69, 9.17) is 0 Å². The van der Waals surface area contributed by atoms with Gasteiger partial charge >= 0.3 is 0 Å². The van der Waals surface area contributed by atoms with E-state index < -0.39 is 0 Å². The Morgan fingerprint density at radius 1 is 1.56 bits per heavy atom. The van der Waals surface area contributed by atoms with E-state index in [0.717, 1.165) is 25.7 Å². The average Bonchev–Trinajstić information content (AvgIpc) is 2.64. The first-order valence-electron chi connectivity index (χ1n) is 6.24. The number of hydrogen-bond donors (Lipinski definition) is 2. The Bertz CT molecular complexity index is 253. The minimum atomic E-state index is -0.299. The van der Waals surface area contributed by atoms with Crippen molar-refractivity contribution < 1.29 is 9.59 Å². The molecule has 1 aliphatic rings. The topological polar surface area (TPSA) is 58.2 Å². The molecule has 1 heterocycles. The summed E-state index contributed by atoms with van der Waals surface area (Å²) in [5, 5.41) is 5.51. The molecule has 1 saturated heterocycles. The van der Waals surface area contributed by atoms with Crippen molar-refractivity contribution in [3.05, 3.63) is 0 Å². The van der Waals surface area contributed by atoms with Gasteiger partial charge in [0.1, 0.15) is 6.04 Å². The summed E-state index contributed by atoms with van der Waals surface area (Å²) in [5.74, 6) is 0.425. The van der Waals surface area contributed by atoms with Gasteiger partial charge in [0.15, 0.2) is 0 Å². The second-order valence-corrected chi connectivity index (χ2v) is 4.47. The summed E-state index contributed by atoms with van der Waals surface area (Å²) in [4.78, 5) is 23.0. The van der Waals surface area contributed by atoms with E-state index >= 15 is 0 Å². The lowest BCUT2D eigenvalue weighted by atomic mass is 9.96. The standard InChI is InChI=1S/C12H22N2O2/c1-3-5-9(4-2)8-11(15)14-10-6-7-13-12(10)16/h9-10H,3-8H2,1-2H3,(H,13,16)(H,14,15). The molecule has 2 atom stereocenters. The Morgan fingerprint density at radius 3 is 2.81 bits per heavy atom. The second kappa shape index (κ2) is 6.51. The van der Waals surface area contributed by atoms with Gasteiger partial charge < -0.3 is 10.6 Å². The van der Waals surface area contributed by atoms with Crippen LogP contribution < -0.4 is 10.6 Å². The quantitative estimate of drug-likeness (QED) is 0.715. The fraction of sp³-hybridized carbons (Fsp3) is 0.833. The van der Waals surface area contributed by atoms with Crippen LogP contribution in [-0.2, 0) is 9.59 Å². The Hall–Kier alpha value is -1.06. The minimum absolute atomic E-state index is 0.0161. The molecule has 2 unspecified atom stereocenters. The molecule has 92 valence electrons. The lowest BCUT2D eigenvalue weighted by Crippen LogP contribution is -2.40. The molecule has 4 nitrogen and oxygen atoms in total. The lowest BCUT2D eigenvalue weighted by Gasteiger charge is -2.15. The molecule has 16 heavy (non-hydrogen) atoms. The average molecular weight is 226 g/mol. The van der Waals surface area contributed by atoms with Gasteiger partial charge in [0, 0.05) is 13.0 Å². The van der Waals surface area contributed by atoms with Gasteiger partial charge in [-0.05, 0) is 12.3 Å². The number of carbonyl (C=O) groups is 2. The van der Waals surface area contributed by atoms with Crippen LogP contribution in [-0.4, -0.2) is 24.4 Å². The highest BCUT2D eigenvalue weighted by atomic mass is 16.2. The molecule has 0 aliphatic carbocycles. The summed E-state index contributed by atoms with van der Waals surface area (Å²) in [5.41, 5.74) is 0. The largest absolute Gasteiger partial charge is 0.354 e. The Balaban J connectivity index is 2.31. The Kier molecular flexibility index (Phi) is 5.29. The van der Waals surface area contributed by atoms with Gasteiger partial charge in [-0.15, -0.1) is 0 Å². The number of rotatable bonds is 6. The van der Waals surface area contributed by atoms with Crippen molar-refractivity contribution in [1.82, 2.24) is 10.6 Å². The zero-order valence-corrected chi connectivity index (χ0v) is 10.2. The SMILES string of the molecule is CCCC(CC)CC(=O)NC1CCNC1=O. The molecule has 2 amide bonds. The van der Waals surface area contributed by atoms with Crippen molar-refractivity contribution in [2.75, 3.05) is 6.54 Å². The van der Waals surface area contributed by atoms with Crippen molar-refractivity contribution in [1.29, 1.82) is 0 Å². The van der Waals surface area contributed by atoms with Crippen LogP contribution in [0.5, 0.6) is 0 Å². The smallest absolute Gasteiger partial charge is 0.242 e. The van der Waals surface area contributed by atoms with Crippen molar-refractivity contribution in [2.45, 2.75) is 52.0 Å². The van der Waals surface area contributed by atoms with E-state index in [1.165, 1.54) is 0 Å². The molecule has 1 fully saturated rings. The van der Waals surface area contributed by atoms with E-state index in [1.807, 2.05) is 0 Å². The molecule has 0 bridgehead atoms. The third kappa shape index (κ3) is 3.83. The molecular weight excluding hydrogens is 204 g/mol. The van der Waals surface area contributed by atoms with Crippen LogP contribution in [0.3, 0.4) is 0 Å². The van der Waals surface area contributed by atoms with Crippen LogP contribution in [0.15, 0.2) is 0 Å². The molecule has 0 radical (unpaired) electrons. The molecule has 4 heteroatoms. The van der Waals surface area contributed by atoms with E-state index in [-0.39, 0.29) is 17.9 Å². The highest BCUT2D eigenvalue weighted by Crippen LogP contribution is 2.15. The summed E-state index contributed by atoms with van der Waals surface area (Å²) in [6.45, 7) is 4.91. The van der Waals surface area contributed by atoms with Crippen LogP contribution in [0.25, 0.3) is 0 Å². The fourth-order valence-electron chi connectivity index (χ4n) is 2.11. The summed E-state index contributed by atoms with van der Waals surface area (Å²) in [7, 11) is 0. The summed E-state index contributed by atoms with van der Waals surface area (Å²) < 4.78 is 0. The van der Waals surface area contributed by atoms with Gasteiger partial charge in [-0.3, -0.25) is 9.59 Å². The van der Waals surface area contributed by atoms with Crippen LogP contribution in [0, 0.1) is 5.92 Å². The van der Waals surface area contributed by atoms with E-state index in [2.05, 4.69) is 24.5 Å². The summed E-state index contributed by atoms with van der Waals surface area (Å²) >= 11 is 0. The third-order valence-corrected chi connectivity index (χ3v) is 3.13. The van der Waals surface area contributed by atoms with Gasteiger partial charge in [-0.2, -0.15) is 0 Å². The molecule has 0 aromatic rings. The predicted octanol–water partition coefficient (Wildman–Crippen LogP) is 1.21. The van der Waals surface area contributed by atoms with Gasteiger partial charge in [0.2, 0.25) is 11.8 Å². The van der Waals surface area contributed by atoms with Crippen LogP contribution >= 0.6 is 0 Å². The molecule has 0 aromatic carbocycles. The number of nitrogens with one attached hydrogen (secondary N) is 2. The summed E-state index contributed by atoms with van der Waals surface area (Å²) in [6, 6.07) is -0.299. The van der Waals surface area contributed by atoms with Crippen LogP contribution in [0.1, 0.15) is 46.0 Å². The highest BCUT2D eigenvalue weighted by Gasteiger charge is 2.25. The molecule has 0 saturated carbocycles. The first-order valence-corrected chi connectivity index (χ1v) is 6.24. The molecule has 0 aromatic heterocycles. The normalized spacial score (nSPS) is 21.6. The second-order valence-electron chi connectivity index (χ2n) is 4.47. The first kappa shape index (κ1) is 13.0. The predicted molar refractivity (Wildman–Crippen MR) is 62.9 cm³/mol. The van der Waals surface area contributed by atoms with Crippen LogP contribution in [0.4, 0.5) is 0 Å². The molecule has 1 aliphatic heterocycles. The number of hydrogen-bond acceptors (Lipinski definition) is 2. The molecule has 0 spiro atoms. The summed E-state index contributed by atoms with van der Waals surface area (Å²) in [6.07, 6.45) is 4.48.